The van der Waals surface area contributed by atoms with Gasteiger partial charge in [0.2, 0.25) is 0 Å². The Hall–Kier alpha value is -2.33. The van der Waals surface area contributed by atoms with E-state index in [4.69, 9.17) is 0 Å². The summed E-state index contributed by atoms with van der Waals surface area (Å²) >= 11 is 0. The molecule has 128 valence electrons. The van der Waals surface area contributed by atoms with Crippen molar-refractivity contribution in [2.45, 2.75) is 50.0 Å². The van der Waals surface area contributed by atoms with Crippen LogP contribution >= 0.6 is 0 Å². The lowest BCUT2D eigenvalue weighted by molar-refractivity contribution is 0.0609. The summed E-state index contributed by atoms with van der Waals surface area (Å²) < 4.78 is 0. The third-order valence-electron chi connectivity index (χ3n) is 6.05. The van der Waals surface area contributed by atoms with Crippen molar-refractivity contribution in [1.82, 2.24) is 10.2 Å². The van der Waals surface area contributed by atoms with Gasteiger partial charge in [-0.3, -0.25) is 9.69 Å². The van der Waals surface area contributed by atoms with Crippen LogP contribution in [0.3, 0.4) is 0 Å². The molecule has 1 amide bonds. The highest BCUT2D eigenvalue weighted by atomic mass is 16.2. The SMILES string of the molecule is O=C1NC2(C[C@H]3CC[C@@H](C2)N3Cc2ccccc2)Nc2ccccc21. The highest BCUT2D eigenvalue weighted by Crippen LogP contribution is 2.43. The molecule has 2 aromatic rings. The molecule has 3 atom stereocenters. The zero-order chi connectivity index (χ0) is 16.9. The van der Waals surface area contributed by atoms with E-state index in [1.165, 1.54) is 18.4 Å². The fourth-order valence-electron chi connectivity index (χ4n) is 4.96. The van der Waals surface area contributed by atoms with Crippen LogP contribution in [0.5, 0.6) is 0 Å². The third-order valence-corrected chi connectivity index (χ3v) is 6.05. The summed E-state index contributed by atoms with van der Waals surface area (Å²) in [5.41, 5.74) is 2.82. The van der Waals surface area contributed by atoms with Gasteiger partial charge in [-0.25, -0.2) is 0 Å². The first-order valence-corrected chi connectivity index (χ1v) is 9.22. The van der Waals surface area contributed by atoms with E-state index < -0.39 is 0 Å². The fourth-order valence-corrected chi connectivity index (χ4v) is 4.96. The summed E-state index contributed by atoms with van der Waals surface area (Å²) in [5, 5.41) is 6.97. The van der Waals surface area contributed by atoms with E-state index in [0.717, 1.165) is 30.6 Å². The summed E-state index contributed by atoms with van der Waals surface area (Å²) in [7, 11) is 0. The summed E-state index contributed by atoms with van der Waals surface area (Å²) in [4.78, 5) is 15.2. The molecular weight excluding hydrogens is 310 g/mol. The Bertz CT molecular complexity index is 790. The van der Waals surface area contributed by atoms with Crippen LogP contribution in [0.25, 0.3) is 0 Å². The van der Waals surface area contributed by atoms with Crippen molar-refractivity contribution in [2.24, 2.45) is 0 Å². The molecular formula is C21H23N3O. The molecule has 4 heteroatoms. The van der Waals surface area contributed by atoms with Crippen LogP contribution in [0, 0.1) is 0 Å². The first kappa shape index (κ1) is 15.0. The highest BCUT2D eigenvalue weighted by molar-refractivity contribution is 6.02. The Morgan fingerprint density at radius 3 is 2.36 bits per heavy atom. The number of para-hydroxylation sites is 1. The summed E-state index contributed by atoms with van der Waals surface area (Å²) in [5.74, 6) is 0.0604. The van der Waals surface area contributed by atoms with Crippen molar-refractivity contribution < 1.29 is 4.79 Å². The van der Waals surface area contributed by atoms with Crippen molar-refractivity contribution in [1.29, 1.82) is 0 Å². The van der Waals surface area contributed by atoms with Gasteiger partial charge in [0, 0.05) is 37.2 Å². The molecule has 3 heterocycles. The molecule has 0 aliphatic carbocycles. The van der Waals surface area contributed by atoms with Gasteiger partial charge in [0.1, 0.15) is 5.66 Å². The van der Waals surface area contributed by atoms with Crippen molar-refractivity contribution in [3.63, 3.8) is 0 Å². The highest BCUT2D eigenvalue weighted by Gasteiger charge is 2.50. The van der Waals surface area contributed by atoms with Gasteiger partial charge < -0.3 is 10.6 Å². The molecule has 2 saturated heterocycles. The maximum atomic E-state index is 12.6. The van der Waals surface area contributed by atoms with E-state index in [1.54, 1.807) is 0 Å². The van der Waals surface area contributed by atoms with Crippen LogP contribution in [0.2, 0.25) is 0 Å². The summed E-state index contributed by atoms with van der Waals surface area (Å²) in [6, 6.07) is 19.6. The lowest BCUT2D eigenvalue weighted by atomic mass is 9.87. The van der Waals surface area contributed by atoms with Gasteiger partial charge in [-0.2, -0.15) is 0 Å². The maximum absolute atomic E-state index is 12.6. The maximum Gasteiger partial charge on any atom is 0.255 e. The zero-order valence-electron chi connectivity index (χ0n) is 14.2. The van der Waals surface area contributed by atoms with E-state index >= 15 is 0 Å². The van der Waals surface area contributed by atoms with Gasteiger partial charge in [0.15, 0.2) is 0 Å². The van der Waals surface area contributed by atoms with E-state index in [2.05, 4.69) is 45.9 Å². The van der Waals surface area contributed by atoms with E-state index in [-0.39, 0.29) is 11.6 Å². The molecule has 2 bridgehead atoms. The molecule has 1 unspecified atom stereocenters. The number of benzene rings is 2. The quantitative estimate of drug-likeness (QED) is 0.886. The number of rotatable bonds is 2. The molecule has 3 aliphatic rings. The Morgan fingerprint density at radius 2 is 1.60 bits per heavy atom. The second kappa shape index (κ2) is 5.60. The standard InChI is InChI=1S/C21H23N3O/c25-20-18-8-4-5-9-19(18)22-21(23-20)12-16-10-11-17(13-21)24(16)14-15-6-2-1-3-7-15/h1-9,16-17,22H,10-14H2,(H,23,25)/t16-,17+,21?. The number of hydrogen-bond donors (Lipinski definition) is 2. The lowest BCUT2D eigenvalue weighted by Crippen LogP contribution is -2.64. The van der Waals surface area contributed by atoms with Gasteiger partial charge in [0.25, 0.3) is 5.91 Å². The van der Waals surface area contributed by atoms with E-state index in [9.17, 15) is 4.79 Å². The minimum Gasteiger partial charge on any atom is -0.362 e. The number of carbonyl (C=O) groups excluding carboxylic acids is 1. The number of nitrogens with one attached hydrogen (secondary N) is 2. The van der Waals surface area contributed by atoms with Crippen LogP contribution in [0.1, 0.15) is 41.6 Å². The molecule has 3 aliphatic heterocycles. The predicted octanol–water partition coefficient (Wildman–Crippen LogP) is 3.37. The summed E-state index contributed by atoms with van der Waals surface area (Å²) in [6.45, 7) is 1.01. The average Bonchev–Trinajstić information content (AvgIpc) is 2.87. The van der Waals surface area contributed by atoms with E-state index in [0.29, 0.717) is 12.1 Å². The predicted molar refractivity (Wildman–Crippen MR) is 98.3 cm³/mol. The Labute approximate surface area is 148 Å². The van der Waals surface area contributed by atoms with Crippen LogP contribution in [0.4, 0.5) is 5.69 Å². The van der Waals surface area contributed by atoms with Crippen molar-refractivity contribution in [2.75, 3.05) is 5.32 Å². The number of nitrogens with zero attached hydrogens (tertiary/aromatic N) is 1. The Balaban J connectivity index is 1.39. The first-order valence-electron chi connectivity index (χ1n) is 9.22. The molecule has 5 rings (SSSR count). The minimum absolute atomic E-state index is 0.0604. The molecule has 0 aromatic heterocycles. The molecule has 25 heavy (non-hydrogen) atoms. The smallest absolute Gasteiger partial charge is 0.255 e. The second-order valence-electron chi connectivity index (χ2n) is 7.66. The van der Waals surface area contributed by atoms with E-state index in [1.807, 2.05) is 24.3 Å². The number of carbonyl (C=O) groups is 1. The topological polar surface area (TPSA) is 44.4 Å². The first-order chi connectivity index (χ1) is 12.2. The molecule has 0 saturated carbocycles. The van der Waals surface area contributed by atoms with Crippen LogP contribution in [-0.2, 0) is 6.54 Å². The van der Waals surface area contributed by atoms with Gasteiger partial charge in [-0.15, -0.1) is 0 Å². The van der Waals surface area contributed by atoms with Gasteiger partial charge >= 0.3 is 0 Å². The monoisotopic (exact) mass is 333 g/mol. The van der Waals surface area contributed by atoms with Crippen molar-refractivity contribution in [3.05, 3.63) is 65.7 Å². The van der Waals surface area contributed by atoms with Crippen molar-refractivity contribution >= 4 is 11.6 Å². The number of piperidine rings is 1. The molecule has 1 spiro atoms. The molecule has 2 fully saturated rings. The Kier molecular flexibility index (Phi) is 3.35. The second-order valence-corrected chi connectivity index (χ2v) is 7.66. The van der Waals surface area contributed by atoms with Crippen LogP contribution in [0.15, 0.2) is 54.6 Å². The van der Waals surface area contributed by atoms with Crippen LogP contribution < -0.4 is 10.6 Å². The van der Waals surface area contributed by atoms with Gasteiger partial charge in [0.05, 0.1) is 5.56 Å². The van der Waals surface area contributed by atoms with Crippen molar-refractivity contribution in [3.8, 4) is 0 Å². The lowest BCUT2D eigenvalue weighted by Gasteiger charge is -2.49. The minimum atomic E-state index is -0.287. The number of hydrogen-bond acceptors (Lipinski definition) is 3. The number of amides is 1. The molecule has 4 nitrogen and oxygen atoms in total. The Morgan fingerprint density at radius 1 is 0.920 bits per heavy atom. The average molecular weight is 333 g/mol. The molecule has 0 radical (unpaired) electrons. The normalized spacial score (nSPS) is 30.6. The van der Waals surface area contributed by atoms with Crippen LogP contribution in [-0.4, -0.2) is 28.6 Å². The van der Waals surface area contributed by atoms with Gasteiger partial charge in [-0.05, 0) is 30.5 Å². The third kappa shape index (κ3) is 2.52. The molecule has 2 N–H and O–H groups in total. The molecule has 2 aromatic carbocycles. The number of fused-ring (bicyclic) bond motifs is 3. The number of anilines is 1. The zero-order valence-corrected chi connectivity index (χ0v) is 14.2. The summed E-state index contributed by atoms with van der Waals surface area (Å²) in [6.07, 6.45) is 4.38. The largest absolute Gasteiger partial charge is 0.362 e. The van der Waals surface area contributed by atoms with Gasteiger partial charge in [-0.1, -0.05) is 42.5 Å². The fraction of sp³-hybridized carbons (Fsp3) is 0.381.